The fourth-order valence-corrected chi connectivity index (χ4v) is 3.68. The number of nitrogens with zero attached hydrogens (tertiary/aromatic N) is 2. The van der Waals surface area contributed by atoms with Crippen LogP contribution in [0.15, 0.2) is 46.9 Å². The molecule has 1 aliphatic rings. The lowest BCUT2D eigenvalue weighted by atomic mass is 9.88. The Morgan fingerprint density at radius 2 is 1.70 bits per heavy atom. The fourth-order valence-electron chi connectivity index (χ4n) is 3.68. The molecular formula is C22H22N2O6. The first-order valence-corrected chi connectivity index (χ1v) is 9.57. The number of ketones is 1. The molecule has 1 aromatic heterocycles. The highest BCUT2D eigenvalue weighted by atomic mass is 16.5. The number of hydrogen-bond donors (Lipinski definition) is 3. The second-order valence-corrected chi connectivity index (χ2v) is 7.30. The number of carbonyl (C=O) groups is 1. The predicted octanol–water partition coefficient (Wildman–Crippen LogP) is 1.74. The summed E-state index contributed by atoms with van der Waals surface area (Å²) < 4.78 is 11.1. The molecule has 8 nitrogen and oxygen atoms in total. The minimum atomic E-state index is -1.61. The zero-order valence-electron chi connectivity index (χ0n) is 16.5. The van der Waals surface area contributed by atoms with Crippen molar-refractivity contribution in [2.45, 2.75) is 38.3 Å². The van der Waals surface area contributed by atoms with Crippen molar-refractivity contribution in [3.8, 4) is 22.6 Å². The number of rotatable bonds is 4. The largest absolute Gasteiger partial charge is 0.421 e. The Bertz CT molecular complexity index is 1060. The minimum Gasteiger partial charge on any atom is -0.421 e. The molecule has 0 saturated carbocycles. The zero-order chi connectivity index (χ0) is 21.4. The first kappa shape index (κ1) is 20.4. The van der Waals surface area contributed by atoms with E-state index in [4.69, 9.17) is 9.15 Å². The van der Waals surface area contributed by atoms with Crippen LogP contribution in [0.1, 0.15) is 23.1 Å². The molecule has 2 heterocycles. The summed E-state index contributed by atoms with van der Waals surface area (Å²) in [7, 11) is 0. The highest BCUT2D eigenvalue weighted by Crippen LogP contribution is 2.35. The number of aliphatic hydroxyl groups is 3. The highest BCUT2D eigenvalue weighted by Gasteiger charge is 2.44. The van der Waals surface area contributed by atoms with E-state index in [1.54, 1.807) is 19.1 Å². The molecule has 0 aliphatic carbocycles. The van der Waals surface area contributed by atoms with Crippen LogP contribution < -0.4 is 0 Å². The van der Waals surface area contributed by atoms with Gasteiger partial charge in [-0.15, -0.1) is 10.2 Å². The number of ether oxygens (including phenoxy) is 1. The summed E-state index contributed by atoms with van der Waals surface area (Å²) in [5, 5.41) is 37.3. The molecule has 0 amide bonds. The average molecular weight is 410 g/mol. The van der Waals surface area contributed by atoms with Crippen LogP contribution in [0.4, 0.5) is 0 Å². The summed E-state index contributed by atoms with van der Waals surface area (Å²) >= 11 is 0. The maximum atomic E-state index is 12.6. The topological polar surface area (TPSA) is 126 Å². The number of aromatic nitrogens is 2. The molecule has 0 radical (unpaired) electrons. The first-order chi connectivity index (χ1) is 14.4. The molecular weight excluding hydrogens is 388 g/mol. The highest BCUT2D eigenvalue weighted by molar-refractivity contribution is 5.90. The van der Waals surface area contributed by atoms with Gasteiger partial charge in [0.15, 0.2) is 5.78 Å². The van der Waals surface area contributed by atoms with Crippen LogP contribution in [0.3, 0.4) is 0 Å². The van der Waals surface area contributed by atoms with Crippen molar-refractivity contribution in [1.29, 1.82) is 0 Å². The van der Waals surface area contributed by atoms with Gasteiger partial charge in [-0.05, 0) is 41.3 Å². The Labute approximate surface area is 172 Å². The normalized spacial score (nSPS) is 24.2. The minimum absolute atomic E-state index is 0.438. The van der Waals surface area contributed by atoms with E-state index in [0.29, 0.717) is 17.3 Å². The molecule has 156 valence electrons. The Balaban J connectivity index is 1.67. The fraction of sp³-hybridized carbons (Fsp3) is 0.318. The van der Waals surface area contributed by atoms with Crippen molar-refractivity contribution in [3.63, 3.8) is 0 Å². The SMILES string of the molecule is Cc1nnc(-c2ccc(-c3cccc(C4OC(CO)C(O)C(O)C4=O)c3C)cc2)o1. The molecule has 8 heteroatoms. The van der Waals surface area contributed by atoms with Crippen LogP contribution in [0.2, 0.25) is 0 Å². The Morgan fingerprint density at radius 1 is 1.00 bits per heavy atom. The molecule has 4 unspecified atom stereocenters. The van der Waals surface area contributed by atoms with Crippen molar-refractivity contribution < 1.29 is 29.3 Å². The maximum absolute atomic E-state index is 12.6. The van der Waals surface area contributed by atoms with Crippen LogP contribution in [0.5, 0.6) is 0 Å². The molecule has 0 bridgehead atoms. The molecule has 4 rings (SSSR count). The lowest BCUT2D eigenvalue weighted by Gasteiger charge is -2.36. The van der Waals surface area contributed by atoms with Gasteiger partial charge in [0.05, 0.1) is 6.61 Å². The molecule has 1 aliphatic heterocycles. The van der Waals surface area contributed by atoms with Gasteiger partial charge in [0, 0.05) is 12.5 Å². The number of Topliss-reactive ketones (excluding diaryl/α,β-unsaturated/α-hetero) is 1. The quantitative estimate of drug-likeness (QED) is 0.594. The monoisotopic (exact) mass is 410 g/mol. The van der Waals surface area contributed by atoms with Gasteiger partial charge in [-0.25, -0.2) is 0 Å². The maximum Gasteiger partial charge on any atom is 0.247 e. The standard InChI is InChI=1S/C22H22N2O6/c1-11-15(13-6-8-14(9-7-13)22-24-23-12(2)29-22)4-3-5-16(11)21-20(28)19(27)18(26)17(10-25)30-21/h3-9,17-19,21,25-27H,10H2,1-2H3. The number of hydrogen-bond acceptors (Lipinski definition) is 8. The van der Waals surface area contributed by atoms with Crippen LogP contribution in [0.25, 0.3) is 22.6 Å². The van der Waals surface area contributed by atoms with Gasteiger partial charge in [-0.2, -0.15) is 0 Å². The van der Waals surface area contributed by atoms with Gasteiger partial charge >= 0.3 is 0 Å². The van der Waals surface area contributed by atoms with Gasteiger partial charge in [0.1, 0.15) is 24.4 Å². The third kappa shape index (κ3) is 3.54. The van der Waals surface area contributed by atoms with Gasteiger partial charge < -0.3 is 24.5 Å². The van der Waals surface area contributed by atoms with E-state index in [9.17, 15) is 20.1 Å². The van der Waals surface area contributed by atoms with E-state index >= 15 is 0 Å². The van der Waals surface area contributed by atoms with E-state index < -0.39 is 36.8 Å². The van der Waals surface area contributed by atoms with Crippen LogP contribution in [-0.4, -0.2) is 56.2 Å². The number of carbonyl (C=O) groups excluding carboxylic acids is 1. The third-order valence-electron chi connectivity index (χ3n) is 5.37. The Hall–Kier alpha value is -2.91. The van der Waals surface area contributed by atoms with Crippen molar-refractivity contribution >= 4 is 5.78 Å². The van der Waals surface area contributed by atoms with E-state index in [2.05, 4.69) is 10.2 Å². The van der Waals surface area contributed by atoms with Crippen molar-refractivity contribution in [3.05, 3.63) is 59.5 Å². The summed E-state index contributed by atoms with van der Waals surface area (Å²) in [5.74, 6) is 0.297. The van der Waals surface area contributed by atoms with Crippen LogP contribution in [-0.2, 0) is 9.53 Å². The van der Waals surface area contributed by atoms with E-state index in [1.165, 1.54) is 0 Å². The summed E-state index contributed by atoms with van der Waals surface area (Å²) in [4.78, 5) is 12.6. The molecule has 1 saturated heterocycles. The van der Waals surface area contributed by atoms with Crippen LogP contribution in [0, 0.1) is 13.8 Å². The van der Waals surface area contributed by atoms with E-state index in [1.807, 2.05) is 37.3 Å². The Morgan fingerprint density at radius 3 is 2.33 bits per heavy atom. The summed E-state index contributed by atoms with van der Waals surface area (Å²) in [5.41, 5.74) is 3.98. The molecule has 2 aromatic carbocycles. The van der Waals surface area contributed by atoms with E-state index in [-0.39, 0.29) is 0 Å². The van der Waals surface area contributed by atoms with Gasteiger partial charge in [-0.1, -0.05) is 30.3 Å². The zero-order valence-corrected chi connectivity index (χ0v) is 16.5. The second-order valence-electron chi connectivity index (χ2n) is 7.30. The Kier molecular flexibility index (Phi) is 5.48. The van der Waals surface area contributed by atoms with Gasteiger partial charge in [0.25, 0.3) is 0 Å². The van der Waals surface area contributed by atoms with Crippen molar-refractivity contribution in [2.24, 2.45) is 0 Å². The predicted molar refractivity (Wildman–Crippen MR) is 106 cm³/mol. The lowest BCUT2D eigenvalue weighted by Crippen LogP contribution is -2.53. The average Bonchev–Trinajstić information content (AvgIpc) is 3.19. The first-order valence-electron chi connectivity index (χ1n) is 9.57. The summed E-state index contributed by atoms with van der Waals surface area (Å²) in [6, 6.07) is 13.0. The molecule has 1 fully saturated rings. The summed E-state index contributed by atoms with van der Waals surface area (Å²) in [6.45, 7) is 3.09. The molecule has 3 N–H and O–H groups in total. The van der Waals surface area contributed by atoms with Gasteiger partial charge in [0.2, 0.25) is 11.8 Å². The number of benzene rings is 2. The third-order valence-corrected chi connectivity index (χ3v) is 5.37. The molecule has 3 aromatic rings. The smallest absolute Gasteiger partial charge is 0.247 e. The number of aryl methyl sites for hydroxylation is 1. The molecule has 30 heavy (non-hydrogen) atoms. The molecule has 4 atom stereocenters. The summed E-state index contributed by atoms with van der Waals surface area (Å²) in [6.07, 6.45) is -5.17. The van der Waals surface area contributed by atoms with Crippen molar-refractivity contribution in [1.82, 2.24) is 10.2 Å². The second kappa shape index (κ2) is 8.08. The van der Waals surface area contributed by atoms with Gasteiger partial charge in [-0.3, -0.25) is 4.79 Å². The van der Waals surface area contributed by atoms with Crippen molar-refractivity contribution in [2.75, 3.05) is 6.61 Å². The number of aliphatic hydroxyl groups excluding tert-OH is 3. The van der Waals surface area contributed by atoms with Crippen LogP contribution >= 0.6 is 0 Å². The van der Waals surface area contributed by atoms with E-state index in [0.717, 1.165) is 22.3 Å². The lowest BCUT2D eigenvalue weighted by molar-refractivity contribution is -0.189. The molecule has 0 spiro atoms.